The molecule has 0 spiro atoms. The Kier molecular flexibility index (Phi) is 7.74. The molecule has 0 saturated heterocycles. The maximum Gasteiger partial charge on any atom is 0.416 e. The highest BCUT2D eigenvalue weighted by atomic mass is 32.1. The number of hydrogen-bond acceptors (Lipinski definition) is 7. The lowest BCUT2D eigenvalue weighted by molar-refractivity contribution is 0.102. The van der Waals surface area contributed by atoms with E-state index in [1.807, 2.05) is 29.6 Å². The predicted octanol–water partition coefficient (Wildman–Crippen LogP) is 5.35. The summed E-state index contributed by atoms with van der Waals surface area (Å²) in [6.07, 6.45) is 1.89. The molecule has 0 saturated carbocycles. The monoisotopic (exact) mass is 534 g/mol. The molecule has 2 aromatic carbocycles. The maximum atomic E-state index is 12.8. The second-order valence-electron chi connectivity index (χ2n) is 9.97. The van der Waals surface area contributed by atoms with Crippen molar-refractivity contribution in [1.82, 2.24) is 19.9 Å². The number of rotatable bonds is 8. The highest BCUT2D eigenvalue weighted by molar-refractivity contribution is 7.13. The van der Waals surface area contributed by atoms with Crippen molar-refractivity contribution in [1.29, 1.82) is 0 Å². The van der Waals surface area contributed by atoms with Gasteiger partial charge >= 0.3 is 6.09 Å². The number of thiophene rings is 1. The number of aromatic nitrogens is 3. The number of nitrogens with two attached hydrogens (primary N) is 1. The third-order valence-electron chi connectivity index (χ3n) is 5.40. The highest BCUT2D eigenvalue weighted by Crippen LogP contribution is 2.30. The van der Waals surface area contributed by atoms with Crippen molar-refractivity contribution in [3.63, 3.8) is 0 Å². The Morgan fingerprint density at radius 2 is 1.89 bits per heavy atom. The van der Waals surface area contributed by atoms with Gasteiger partial charge in [0.25, 0.3) is 11.8 Å². The number of benzene rings is 2. The molecular weight excluding hydrogens is 504 g/mol. The zero-order valence-corrected chi connectivity index (χ0v) is 23.1. The minimum atomic E-state index is -1.37. The Morgan fingerprint density at radius 1 is 1.14 bits per heavy atom. The largest absolute Gasteiger partial charge is 0.416 e. The van der Waals surface area contributed by atoms with E-state index < -0.39 is 14.2 Å². The molecule has 0 unspecified atom stereocenters. The molecule has 2 amide bonds. The van der Waals surface area contributed by atoms with E-state index in [0.717, 1.165) is 22.2 Å². The Hall–Kier alpha value is -3.96. The molecule has 0 aliphatic rings. The molecule has 2 aromatic heterocycles. The minimum Gasteiger partial charge on any atom is -0.397 e. The zero-order chi connectivity index (χ0) is 26.6. The quantitative estimate of drug-likeness (QED) is 0.233. The predicted molar refractivity (Wildman–Crippen MR) is 149 cm³/mol. The first-order valence-electron chi connectivity index (χ1n) is 11.7. The summed E-state index contributed by atoms with van der Waals surface area (Å²) in [5.41, 5.74) is 9.46. The molecule has 4 rings (SSSR count). The molecule has 2 heterocycles. The van der Waals surface area contributed by atoms with Crippen LogP contribution < -0.4 is 15.8 Å². The van der Waals surface area contributed by atoms with Crippen LogP contribution >= 0.6 is 11.3 Å². The average Bonchev–Trinajstić information content (AvgIpc) is 3.52. The molecule has 37 heavy (non-hydrogen) atoms. The van der Waals surface area contributed by atoms with Crippen molar-refractivity contribution in [2.45, 2.75) is 32.4 Å². The highest BCUT2D eigenvalue weighted by Gasteiger charge is 2.18. The van der Waals surface area contributed by atoms with Crippen molar-refractivity contribution in [3.8, 4) is 16.3 Å². The van der Waals surface area contributed by atoms with E-state index in [-0.39, 0.29) is 11.8 Å². The van der Waals surface area contributed by atoms with Crippen molar-refractivity contribution in [2.75, 3.05) is 18.1 Å². The Balaban J connectivity index is 1.34. The molecule has 0 aliphatic carbocycles. The van der Waals surface area contributed by atoms with Crippen LogP contribution in [0.25, 0.3) is 10.4 Å². The molecular formula is C26H30N6O3SSi. The van der Waals surface area contributed by atoms with Crippen LogP contribution in [-0.4, -0.2) is 47.0 Å². The lowest BCUT2D eigenvalue weighted by atomic mass is 10.1. The summed E-state index contributed by atoms with van der Waals surface area (Å²) in [6, 6.07) is 16.6. The Labute approximate surface area is 220 Å². The third kappa shape index (κ3) is 7.05. The van der Waals surface area contributed by atoms with Crippen molar-refractivity contribution >= 4 is 42.8 Å². The first kappa shape index (κ1) is 26.1. The van der Waals surface area contributed by atoms with E-state index in [1.165, 1.54) is 4.90 Å². The van der Waals surface area contributed by atoms with Gasteiger partial charge in [-0.2, -0.15) is 0 Å². The summed E-state index contributed by atoms with van der Waals surface area (Å²) < 4.78 is 7.07. The topological polar surface area (TPSA) is 115 Å². The molecule has 4 aromatic rings. The van der Waals surface area contributed by atoms with Crippen LogP contribution in [0.1, 0.15) is 15.9 Å². The van der Waals surface area contributed by atoms with Gasteiger partial charge in [0.15, 0.2) is 0 Å². The molecule has 0 atom stereocenters. The summed E-state index contributed by atoms with van der Waals surface area (Å²) in [5.74, 6) is -0.0970. The first-order valence-corrected chi connectivity index (χ1v) is 16.3. The van der Waals surface area contributed by atoms with Gasteiger partial charge in [-0.3, -0.25) is 9.48 Å². The zero-order valence-electron chi connectivity index (χ0n) is 21.3. The van der Waals surface area contributed by atoms with Gasteiger partial charge in [-0.05, 0) is 46.8 Å². The van der Waals surface area contributed by atoms with Gasteiger partial charge in [0.05, 0.1) is 25.6 Å². The lowest BCUT2D eigenvalue weighted by Crippen LogP contribution is -2.29. The van der Waals surface area contributed by atoms with Gasteiger partial charge in [0.1, 0.15) is 0 Å². The van der Waals surface area contributed by atoms with Gasteiger partial charge in [0.2, 0.25) is 0 Å². The minimum absolute atomic E-state index is 0.171. The van der Waals surface area contributed by atoms with Crippen LogP contribution in [0.3, 0.4) is 0 Å². The Morgan fingerprint density at radius 3 is 2.57 bits per heavy atom. The van der Waals surface area contributed by atoms with E-state index in [0.29, 0.717) is 23.5 Å². The normalized spacial score (nSPS) is 11.2. The van der Waals surface area contributed by atoms with E-state index >= 15 is 0 Å². The molecule has 192 valence electrons. The number of hydrogen-bond donors (Lipinski definition) is 2. The molecule has 0 bridgehead atoms. The van der Waals surface area contributed by atoms with Crippen LogP contribution in [0, 0.1) is 0 Å². The molecule has 11 heteroatoms. The van der Waals surface area contributed by atoms with E-state index in [2.05, 4.69) is 35.3 Å². The molecule has 9 nitrogen and oxygen atoms in total. The van der Waals surface area contributed by atoms with Crippen LogP contribution in [0.15, 0.2) is 66.2 Å². The van der Waals surface area contributed by atoms with Crippen molar-refractivity contribution in [3.05, 3.63) is 77.3 Å². The van der Waals surface area contributed by atoms with Gasteiger partial charge in [0, 0.05) is 30.2 Å². The number of carbonyl (C=O) groups is 2. The summed E-state index contributed by atoms with van der Waals surface area (Å²) in [7, 11) is 0.264. The van der Waals surface area contributed by atoms with Crippen LogP contribution in [0.4, 0.5) is 16.2 Å². The number of anilines is 2. The SMILES string of the molecule is CN(Cc1ccc(C(=O)Nc2cc(-c3cccs3)ccc2N)cc1)C(=O)Oc1cn(C[Si](C)(C)C)nn1. The number of amides is 2. The summed E-state index contributed by atoms with van der Waals surface area (Å²) in [4.78, 5) is 27.9. The van der Waals surface area contributed by atoms with Gasteiger partial charge in [-0.1, -0.05) is 54.2 Å². The first-order chi connectivity index (χ1) is 17.6. The lowest BCUT2D eigenvalue weighted by Gasteiger charge is -2.16. The van der Waals surface area contributed by atoms with Gasteiger partial charge in [-0.25, -0.2) is 4.79 Å². The second kappa shape index (κ2) is 11.0. The van der Waals surface area contributed by atoms with Crippen LogP contribution in [0.2, 0.25) is 19.6 Å². The molecule has 0 radical (unpaired) electrons. The van der Waals surface area contributed by atoms with E-state index in [1.54, 1.807) is 59.6 Å². The second-order valence-corrected chi connectivity index (χ2v) is 16.4. The molecule has 0 fully saturated rings. The Bertz CT molecular complexity index is 1380. The summed E-state index contributed by atoms with van der Waals surface area (Å²) >= 11 is 1.62. The van der Waals surface area contributed by atoms with Crippen molar-refractivity contribution in [2.24, 2.45) is 0 Å². The van der Waals surface area contributed by atoms with Crippen molar-refractivity contribution < 1.29 is 14.3 Å². The third-order valence-corrected chi connectivity index (χ3v) is 7.59. The summed E-state index contributed by atoms with van der Waals surface area (Å²) in [6.45, 7) is 6.98. The maximum absolute atomic E-state index is 12.8. The number of carbonyl (C=O) groups excluding carboxylic acids is 2. The number of ether oxygens (including phenoxy) is 1. The fraction of sp³-hybridized carbons (Fsp3) is 0.231. The average molecular weight is 535 g/mol. The standard InChI is InChI=1S/C26H30N6O3SSi/c1-31(26(34)35-24-16-32(30-29-24)17-37(2,3)4)15-18-7-9-19(10-8-18)25(33)28-22-14-20(11-12-21(22)27)23-6-5-13-36-23/h5-14,16H,15,17,27H2,1-4H3,(H,28,33). The van der Waals surface area contributed by atoms with Gasteiger partial charge in [-0.15, -0.1) is 11.3 Å². The number of nitrogens with zero attached hydrogens (tertiary/aromatic N) is 4. The van der Waals surface area contributed by atoms with Crippen LogP contribution in [-0.2, 0) is 12.7 Å². The fourth-order valence-corrected chi connectivity index (χ4v) is 5.46. The van der Waals surface area contributed by atoms with Gasteiger partial charge < -0.3 is 20.7 Å². The molecule has 0 aliphatic heterocycles. The smallest absolute Gasteiger partial charge is 0.397 e. The number of nitrogen functional groups attached to an aromatic ring is 1. The summed E-state index contributed by atoms with van der Waals surface area (Å²) in [5, 5.41) is 12.9. The van der Waals surface area contributed by atoms with E-state index in [4.69, 9.17) is 10.5 Å². The number of nitrogens with one attached hydrogen (secondary N) is 1. The molecule has 3 N–H and O–H groups in total. The van der Waals surface area contributed by atoms with E-state index in [9.17, 15) is 9.59 Å². The fourth-order valence-electron chi connectivity index (χ4n) is 3.61. The van der Waals surface area contributed by atoms with Crippen LogP contribution in [0.5, 0.6) is 5.88 Å².